The van der Waals surface area contributed by atoms with Gasteiger partial charge in [0, 0.05) is 30.6 Å². The fourth-order valence-electron chi connectivity index (χ4n) is 2.35. The van der Waals surface area contributed by atoms with Crippen molar-refractivity contribution in [1.29, 1.82) is 0 Å². The smallest absolute Gasteiger partial charge is 0.320 e. The normalized spacial score (nSPS) is 11.6. The summed E-state index contributed by atoms with van der Waals surface area (Å²) < 4.78 is 10.4. The van der Waals surface area contributed by atoms with Crippen molar-refractivity contribution in [2.24, 2.45) is 0 Å². The van der Waals surface area contributed by atoms with Gasteiger partial charge in [-0.3, -0.25) is 4.98 Å². The molecule has 8 heteroatoms. The van der Waals surface area contributed by atoms with Crippen molar-refractivity contribution in [2.45, 2.75) is 13.0 Å². The van der Waals surface area contributed by atoms with Crippen LogP contribution in [0.2, 0.25) is 0 Å². The molecule has 2 amide bonds. The van der Waals surface area contributed by atoms with E-state index < -0.39 is 12.1 Å². The van der Waals surface area contributed by atoms with E-state index in [1.54, 1.807) is 44.6 Å². The van der Waals surface area contributed by atoms with Crippen LogP contribution in [0.15, 0.2) is 53.3 Å². The Hall–Kier alpha value is -3.42. The van der Waals surface area contributed by atoms with E-state index in [0.717, 1.165) is 5.56 Å². The summed E-state index contributed by atoms with van der Waals surface area (Å²) >= 11 is 0. The standard InChI is InChI=1S/C17H17N5O3/c1-11-19-16(22-25-11)15(13-5-3-4-6-14(13)24-2)21-17(23)20-12-7-9-18-10-8-12/h3-10,15H,1-2H3,(H2,18,20,21,23)/t15-/m1/s1. The van der Waals surface area contributed by atoms with Crippen LogP contribution in [0.25, 0.3) is 0 Å². The molecule has 8 nitrogen and oxygen atoms in total. The summed E-state index contributed by atoms with van der Waals surface area (Å²) in [5.41, 5.74) is 1.34. The summed E-state index contributed by atoms with van der Waals surface area (Å²) in [6.45, 7) is 1.69. The van der Waals surface area contributed by atoms with Crippen molar-refractivity contribution in [3.05, 3.63) is 66.1 Å². The number of pyridine rings is 1. The van der Waals surface area contributed by atoms with E-state index in [4.69, 9.17) is 9.26 Å². The number of rotatable bonds is 5. The van der Waals surface area contributed by atoms with Crippen molar-refractivity contribution in [3.63, 3.8) is 0 Å². The number of ether oxygens (including phenoxy) is 1. The topological polar surface area (TPSA) is 102 Å². The number of carbonyl (C=O) groups excluding carboxylic acids is 1. The molecule has 2 heterocycles. The molecule has 0 saturated carbocycles. The predicted molar refractivity (Wildman–Crippen MR) is 90.3 cm³/mol. The van der Waals surface area contributed by atoms with Gasteiger partial charge in [-0.1, -0.05) is 23.4 Å². The van der Waals surface area contributed by atoms with Crippen LogP contribution in [0.3, 0.4) is 0 Å². The first-order valence-corrected chi connectivity index (χ1v) is 7.58. The minimum Gasteiger partial charge on any atom is -0.496 e. The fourth-order valence-corrected chi connectivity index (χ4v) is 2.35. The Kier molecular flexibility index (Phi) is 4.89. The summed E-state index contributed by atoms with van der Waals surface area (Å²) in [7, 11) is 1.56. The number of urea groups is 1. The monoisotopic (exact) mass is 339 g/mol. The molecule has 3 aromatic rings. The average molecular weight is 339 g/mol. The van der Waals surface area contributed by atoms with Gasteiger partial charge in [0.25, 0.3) is 0 Å². The first-order chi connectivity index (χ1) is 12.2. The van der Waals surface area contributed by atoms with Gasteiger partial charge in [-0.05, 0) is 18.2 Å². The number of anilines is 1. The first-order valence-electron chi connectivity index (χ1n) is 7.58. The van der Waals surface area contributed by atoms with Crippen LogP contribution >= 0.6 is 0 Å². The fraction of sp³-hybridized carbons (Fsp3) is 0.176. The molecule has 0 aliphatic rings. The average Bonchev–Trinajstić information content (AvgIpc) is 3.06. The summed E-state index contributed by atoms with van der Waals surface area (Å²) in [6, 6.07) is 9.67. The maximum absolute atomic E-state index is 12.4. The zero-order valence-electron chi connectivity index (χ0n) is 13.8. The minimum absolute atomic E-state index is 0.340. The number of nitrogens with zero attached hydrogens (tertiary/aromatic N) is 3. The van der Waals surface area contributed by atoms with Gasteiger partial charge in [0.15, 0.2) is 5.82 Å². The summed E-state index contributed by atoms with van der Waals surface area (Å²) in [6.07, 6.45) is 3.19. The van der Waals surface area contributed by atoms with Gasteiger partial charge in [0.1, 0.15) is 11.8 Å². The molecule has 0 saturated heterocycles. The number of hydrogen-bond acceptors (Lipinski definition) is 6. The van der Waals surface area contributed by atoms with Gasteiger partial charge in [0.2, 0.25) is 5.89 Å². The third-order valence-corrected chi connectivity index (χ3v) is 3.47. The highest BCUT2D eigenvalue weighted by Crippen LogP contribution is 2.28. The lowest BCUT2D eigenvalue weighted by Gasteiger charge is -2.18. The van der Waals surface area contributed by atoms with Crippen molar-refractivity contribution in [1.82, 2.24) is 20.4 Å². The second kappa shape index (κ2) is 7.43. The molecule has 0 spiro atoms. The van der Waals surface area contributed by atoms with Gasteiger partial charge in [-0.2, -0.15) is 4.98 Å². The van der Waals surface area contributed by atoms with Gasteiger partial charge in [-0.15, -0.1) is 0 Å². The van der Waals surface area contributed by atoms with Crippen LogP contribution in [0.5, 0.6) is 5.75 Å². The van der Waals surface area contributed by atoms with Crippen molar-refractivity contribution in [3.8, 4) is 5.75 Å². The predicted octanol–water partition coefficient (Wildman–Crippen LogP) is 2.69. The minimum atomic E-state index is -0.629. The largest absolute Gasteiger partial charge is 0.496 e. The molecule has 128 valence electrons. The molecule has 0 radical (unpaired) electrons. The number of hydrogen-bond donors (Lipinski definition) is 2. The van der Waals surface area contributed by atoms with Crippen LogP contribution in [0.1, 0.15) is 23.3 Å². The molecule has 2 N–H and O–H groups in total. The third-order valence-electron chi connectivity index (χ3n) is 3.47. The van der Waals surface area contributed by atoms with Crippen molar-refractivity contribution >= 4 is 11.7 Å². The Morgan fingerprint density at radius 2 is 1.96 bits per heavy atom. The molecule has 0 fully saturated rings. The third kappa shape index (κ3) is 3.92. The molecule has 3 rings (SSSR count). The molecule has 1 aromatic carbocycles. The van der Waals surface area contributed by atoms with E-state index in [2.05, 4.69) is 25.8 Å². The highest BCUT2D eigenvalue weighted by molar-refractivity contribution is 5.89. The van der Waals surface area contributed by atoms with E-state index in [0.29, 0.717) is 23.2 Å². The number of para-hydroxylation sites is 1. The van der Waals surface area contributed by atoms with Crippen LogP contribution in [-0.4, -0.2) is 28.3 Å². The van der Waals surface area contributed by atoms with E-state index in [1.807, 2.05) is 18.2 Å². The van der Waals surface area contributed by atoms with Gasteiger partial charge >= 0.3 is 6.03 Å². The Morgan fingerprint density at radius 3 is 2.64 bits per heavy atom. The lowest BCUT2D eigenvalue weighted by molar-refractivity contribution is 0.249. The van der Waals surface area contributed by atoms with E-state index in [9.17, 15) is 4.79 Å². The number of aromatic nitrogens is 3. The molecule has 25 heavy (non-hydrogen) atoms. The number of amides is 2. The summed E-state index contributed by atoms with van der Waals surface area (Å²) in [5, 5.41) is 9.52. The van der Waals surface area contributed by atoms with Crippen molar-refractivity contribution in [2.75, 3.05) is 12.4 Å². The van der Waals surface area contributed by atoms with Crippen LogP contribution in [-0.2, 0) is 0 Å². The number of benzene rings is 1. The zero-order valence-corrected chi connectivity index (χ0v) is 13.8. The summed E-state index contributed by atoms with van der Waals surface area (Å²) in [5.74, 6) is 1.36. The lowest BCUT2D eigenvalue weighted by Crippen LogP contribution is -2.34. The van der Waals surface area contributed by atoms with Gasteiger partial charge in [0.05, 0.1) is 7.11 Å². The SMILES string of the molecule is COc1ccccc1[C@@H](NC(=O)Nc1ccncc1)c1noc(C)n1. The lowest BCUT2D eigenvalue weighted by atomic mass is 10.1. The van der Waals surface area contributed by atoms with Crippen LogP contribution < -0.4 is 15.4 Å². The van der Waals surface area contributed by atoms with Crippen LogP contribution in [0.4, 0.5) is 10.5 Å². The number of nitrogens with one attached hydrogen (secondary N) is 2. The Labute approximate surface area is 144 Å². The van der Waals surface area contributed by atoms with Crippen LogP contribution in [0, 0.1) is 6.92 Å². The molecule has 0 bridgehead atoms. The highest BCUT2D eigenvalue weighted by atomic mass is 16.5. The first kappa shape index (κ1) is 16.4. The molecule has 2 aromatic heterocycles. The number of aryl methyl sites for hydroxylation is 1. The van der Waals surface area contributed by atoms with E-state index in [1.165, 1.54) is 0 Å². The maximum atomic E-state index is 12.4. The molecule has 0 aliphatic heterocycles. The van der Waals surface area contributed by atoms with E-state index >= 15 is 0 Å². The Bertz CT molecular complexity index is 850. The van der Waals surface area contributed by atoms with E-state index in [-0.39, 0.29) is 0 Å². The quantitative estimate of drug-likeness (QED) is 0.741. The Balaban J connectivity index is 1.88. The second-order valence-corrected chi connectivity index (χ2v) is 5.18. The molecule has 0 unspecified atom stereocenters. The zero-order chi connectivity index (χ0) is 17.6. The summed E-state index contributed by atoms with van der Waals surface area (Å²) in [4.78, 5) is 20.6. The second-order valence-electron chi connectivity index (χ2n) is 5.18. The molecule has 1 atom stereocenters. The molecular weight excluding hydrogens is 322 g/mol. The van der Waals surface area contributed by atoms with Crippen molar-refractivity contribution < 1.29 is 14.1 Å². The number of methoxy groups -OCH3 is 1. The van der Waals surface area contributed by atoms with Gasteiger partial charge < -0.3 is 19.9 Å². The Morgan fingerprint density at radius 1 is 1.20 bits per heavy atom. The highest BCUT2D eigenvalue weighted by Gasteiger charge is 2.25. The number of carbonyl (C=O) groups is 1. The van der Waals surface area contributed by atoms with Gasteiger partial charge in [-0.25, -0.2) is 4.79 Å². The maximum Gasteiger partial charge on any atom is 0.320 e. The molecular formula is C17H17N5O3. The molecule has 0 aliphatic carbocycles.